The minimum absolute atomic E-state index is 0.0374. The van der Waals surface area contributed by atoms with Crippen molar-refractivity contribution in [2.45, 2.75) is 73.2 Å². The van der Waals surface area contributed by atoms with Crippen molar-refractivity contribution in [2.75, 3.05) is 19.6 Å². The van der Waals surface area contributed by atoms with E-state index in [0.29, 0.717) is 24.4 Å². The molecule has 0 N–H and O–H groups in total. The number of alkyl halides is 3. The SMILES string of the molecule is O=C(c1ccccc1)N1C[C@H]2O[C@@]34CCC1C2[C@@]31CCN(CC2CC2)[C@@H]4Cc2ccc(OS(=O)(=O)C(F)(F)F)cc21. The number of hydrogen-bond donors (Lipinski definition) is 0. The lowest BCUT2D eigenvalue weighted by Crippen LogP contribution is -2.74. The molecule has 2 aromatic carbocycles. The lowest BCUT2D eigenvalue weighted by Gasteiger charge is -2.64. The number of hydrogen-bond acceptors (Lipinski definition) is 6. The minimum Gasteiger partial charge on any atom is -0.376 e. The van der Waals surface area contributed by atoms with Gasteiger partial charge in [-0.15, -0.1) is 0 Å². The van der Waals surface area contributed by atoms with Crippen molar-refractivity contribution in [1.82, 2.24) is 9.80 Å². The van der Waals surface area contributed by atoms with E-state index in [1.54, 1.807) is 6.07 Å². The average Bonchev–Trinajstić information content (AvgIpc) is 3.63. The Morgan fingerprint density at radius 3 is 2.59 bits per heavy atom. The maximum absolute atomic E-state index is 13.7. The number of carbonyl (C=O) groups is 1. The maximum atomic E-state index is 13.7. The van der Waals surface area contributed by atoms with E-state index >= 15 is 0 Å². The number of fused-ring (bicyclic) bond motifs is 1. The molecule has 2 aromatic rings. The summed E-state index contributed by atoms with van der Waals surface area (Å²) in [6, 6.07) is 13.8. The topological polar surface area (TPSA) is 76.2 Å². The van der Waals surface area contributed by atoms with E-state index in [4.69, 9.17) is 4.74 Å². The monoisotopic (exact) mass is 588 g/mol. The van der Waals surface area contributed by atoms with Gasteiger partial charge in [0.15, 0.2) is 0 Å². The Balaban J connectivity index is 1.24. The van der Waals surface area contributed by atoms with Crippen LogP contribution in [0.4, 0.5) is 13.2 Å². The Morgan fingerprint density at radius 2 is 1.85 bits per heavy atom. The second-order valence-corrected chi connectivity index (χ2v) is 14.2. The summed E-state index contributed by atoms with van der Waals surface area (Å²) in [5.41, 5.74) is -4.15. The summed E-state index contributed by atoms with van der Waals surface area (Å²) in [5, 5.41) is 0. The van der Waals surface area contributed by atoms with E-state index in [1.807, 2.05) is 35.2 Å². The molecule has 3 aliphatic carbocycles. The first-order valence-electron chi connectivity index (χ1n) is 14.5. The van der Waals surface area contributed by atoms with Crippen LogP contribution in [-0.4, -0.2) is 73.1 Å². The third kappa shape index (κ3) is 3.51. The molecule has 11 heteroatoms. The summed E-state index contributed by atoms with van der Waals surface area (Å²) in [6.07, 6.45) is 5.22. The fourth-order valence-electron chi connectivity index (χ4n) is 9.22. The molecule has 1 amide bonds. The van der Waals surface area contributed by atoms with Crippen LogP contribution in [0.25, 0.3) is 0 Å². The number of carbonyl (C=O) groups excluding carboxylic acids is 1. The Morgan fingerprint density at radius 1 is 1.07 bits per heavy atom. The second kappa shape index (κ2) is 8.48. The summed E-state index contributed by atoms with van der Waals surface area (Å²) in [6.45, 7) is 2.32. The molecule has 7 nitrogen and oxygen atoms in total. The number of ether oxygens (including phenoxy) is 1. The van der Waals surface area contributed by atoms with Gasteiger partial charge in [-0.2, -0.15) is 21.6 Å². The number of rotatable bonds is 5. The van der Waals surface area contributed by atoms with Gasteiger partial charge in [0.2, 0.25) is 0 Å². The average molecular weight is 589 g/mol. The van der Waals surface area contributed by atoms with Gasteiger partial charge in [-0.05, 0) is 86.4 Å². The predicted molar refractivity (Wildman–Crippen MR) is 142 cm³/mol. The van der Waals surface area contributed by atoms with Gasteiger partial charge in [0.1, 0.15) is 5.75 Å². The van der Waals surface area contributed by atoms with Crippen molar-refractivity contribution in [1.29, 1.82) is 0 Å². The highest BCUT2D eigenvalue weighted by Crippen LogP contribution is 2.70. The quantitative estimate of drug-likeness (QED) is 0.384. The van der Waals surface area contributed by atoms with Crippen LogP contribution >= 0.6 is 0 Å². The molecule has 2 saturated carbocycles. The molecule has 3 heterocycles. The van der Waals surface area contributed by atoms with E-state index in [9.17, 15) is 26.4 Å². The van der Waals surface area contributed by atoms with Crippen LogP contribution in [0.5, 0.6) is 5.75 Å². The highest BCUT2D eigenvalue weighted by Gasteiger charge is 2.78. The number of halogens is 3. The van der Waals surface area contributed by atoms with E-state index in [2.05, 4.69) is 9.08 Å². The van der Waals surface area contributed by atoms with Crippen LogP contribution in [0.2, 0.25) is 0 Å². The van der Waals surface area contributed by atoms with E-state index in [1.165, 1.54) is 25.0 Å². The van der Waals surface area contributed by atoms with Crippen LogP contribution < -0.4 is 4.18 Å². The molecule has 8 rings (SSSR count). The zero-order chi connectivity index (χ0) is 28.4. The highest BCUT2D eigenvalue weighted by molar-refractivity contribution is 7.88. The van der Waals surface area contributed by atoms with Gasteiger partial charge < -0.3 is 13.8 Å². The van der Waals surface area contributed by atoms with Gasteiger partial charge >= 0.3 is 15.6 Å². The summed E-state index contributed by atoms with van der Waals surface area (Å²) in [7, 11) is -5.81. The van der Waals surface area contributed by atoms with Gasteiger partial charge in [-0.1, -0.05) is 24.3 Å². The van der Waals surface area contributed by atoms with Crippen molar-refractivity contribution in [3.8, 4) is 5.75 Å². The zero-order valence-electron chi connectivity index (χ0n) is 22.3. The minimum atomic E-state index is -5.81. The molecule has 0 spiro atoms. The summed E-state index contributed by atoms with van der Waals surface area (Å²) in [5.74, 6) is 0.284. The van der Waals surface area contributed by atoms with Gasteiger partial charge in [-0.3, -0.25) is 9.69 Å². The Hall–Kier alpha value is -2.63. The van der Waals surface area contributed by atoms with Crippen LogP contribution in [0, 0.1) is 11.8 Å². The predicted octanol–water partition coefficient (Wildman–Crippen LogP) is 4.27. The van der Waals surface area contributed by atoms with Crippen LogP contribution in [0.15, 0.2) is 48.5 Å². The first-order chi connectivity index (χ1) is 19.5. The first kappa shape index (κ1) is 26.0. The molecule has 0 radical (unpaired) electrons. The normalized spacial score (nSPS) is 35.6. The van der Waals surface area contributed by atoms with Crippen LogP contribution in [0.3, 0.4) is 0 Å². The smallest absolute Gasteiger partial charge is 0.376 e. The highest BCUT2D eigenvalue weighted by atomic mass is 32.2. The van der Waals surface area contributed by atoms with Crippen LogP contribution in [0.1, 0.15) is 53.6 Å². The molecule has 4 bridgehead atoms. The van der Waals surface area contributed by atoms with Gasteiger partial charge in [0, 0.05) is 42.1 Å². The number of nitrogens with zero attached hydrogens (tertiary/aromatic N) is 2. The summed E-state index contributed by atoms with van der Waals surface area (Å²) in [4.78, 5) is 18.2. The molecule has 6 atom stereocenters. The summed E-state index contributed by atoms with van der Waals surface area (Å²) < 4.78 is 75.2. The van der Waals surface area contributed by atoms with Gasteiger partial charge in [-0.25, -0.2) is 0 Å². The third-order valence-corrected chi connectivity index (χ3v) is 11.8. The fourth-order valence-corrected chi connectivity index (χ4v) is 9.67. The van der Waals surface area contributed by atoms with Crippen molar-refractivity contribution < 1.29 is 35.3 Å². The number of benzene rings is 2. The lowest BCUT2D eigenvalue weighted by atomic mass is 9.46. The maximum Gasteiger partial charge on any atom is 0.534 e. The largest absolute Gasteiger partial charge is 0.534 e. The molecule has 3 saturated heterocycles. The molecule has 5 fully saturated rings. The number of piperidine rings is 1. The van der Waals surface area contributed by atoms with Crippen molar-refractivity contribution in [3.63, 3.8) is 0 Å². The molecule has 218 valence electrons. The number of likely N-dealkylation sites (tertiary alicyclic amines) is 2. The van der Waals surface area contributed by atoms with Crippen LogP contribution in [-0.2, 0) is 26.7 Å². The molecular formula is C30H31F3N2O5S. The van der Waals surface area contributed by atoms with Crippen molar-refractivity contribution in [3.05, 3.63) is 65.2 Å². The Labute approximate surface area is 236 Å². The standard InChI is InChI=1S/C30H31F3N2O5S/c31-30(32,33)41(37,38)40-21-9-8-20-14-25-29-11-10-23-26(24(39-29)17-35(23)27(36)19-4-2-1-3-5-19)28(29,22(20)15-21)12-13-34(25)16-18-6-7-18/h1-5,8-9,15,18,23-26H,6-7,10-14,16-17H2/t23?,24-,25-,26?,28+,29-/m1/s1. The molecule has 0 aromatic heterocycles. The Kier molecular flexibility index (Phi) is 5.38. The second-order valence-electron chi connectivity index (χ2n) is 12.7. The molecular weight excluding hydrogens is 557 g/mol. The van der Waals surface area contributed by atoms with E-state index in [0.717, 1.165) is 43.5 Å². The van der Waals surface area contributed by atoms with E-state index in [-0.39, 0.29) is 35.8 Å². The lowest BCUT2D eigenvalue weighted by molar-refractivity contribution is -0.171. The summed E-state index contributed by atoms with van der Waals surface area (Å²) >= 11 is 0. The Bertz CT molecular complexity index is 1530. The number of amides is 1. The molecule has 41 heavy (non-hydrogen) atoms. The molecule has 6 aliphatic rings. The molecule has 3 aliphatic heterocycles. The van der Waals surface area contributed by atoms with Gasteiger partial charge in [0.25, 0.3) is 5.91 Å². The van der Waals surface area contributed by atoms with Gasteiger partial charge in [0.05, 0.1) is 11.7 Å². The van der Waals surface area contributed by atoms with E-state index < -0.39 is 26.6 Å². The zero-order valence-corrected chi connectivity index (χ0v) is 23.2. The third-order valence-electron chi connectivity index (χ3n) is 10.8. The molecule has 2 unspecified atom stereocenters. The fraction of sp³-hybridized carbons (Fsp3) is 0.567. The van der Waals surface area contributed by atoms with Crippen molar-refractivity contribution >= 4 is 16.0 Å². The first-order valence-corrected chi connectivity index (χ1v) is 15.9. The van der Waals surface area contributed by atoms with Crippen molar-refractivity contribution in [2.24, 2.45) is 11.8 Å².